The van der Waals surface area contributed by atoms with Gasteiger partial charge in [0.15, 0.2) is 0 Å². The van der Waals surface area contributed by atoms with Crippen LogP contribution < -0.4 is 0 Å². The molecule has 21 heavy (non-hydrogen) atoms. The Morgan fingerprint density at radius 1 is 0.714 bits per heavy atom. The molecule has 0 atom stereocenters. The largest absolute Gasteiger partial charge is 0.234 e. The average molecular weight is 304 g/mol. The molecule has 0 amide bonds. The monoisotopic (exact) mass is 304 g/mol. The van der Waals surface area contributed by atoms with E-state index >= 15 is 0 Å². The Labute approximate surface area is 131 Å². The Balaban J connectivity index is 0.00000122. The second-order valence-electron chi connectivity index (χ2n) is 7.74. The van der Waals surface area contributed by atoms with Crippen LogP contribution in [0.25, 0.3) is 0 Å². The van der Waals surface area contributed by atoms with Crippen molar-refractivity contribution in [1.82, 2.24) is 0 Å². The zero-order valence-corrected chi connectivity index (χ0v) is 15.4. The van der Waals surface area contributed by atoms with E-state index in [2.05, 4.69) is 13.8 Å². The molecule has 0 N–H and O–H groups in total. The number of hydrogen-bond acceptors (Lipinski definition) is 4. The van der Waals surface area contributed by atoms with Gasteiger partial charge in [-0.2, -0.15) is 9.78 Å². The Kier molecular flexibility index (Phi) is 9.02. The molecule has 1 saturated carbocycles. The first kappa shape index (κ1) is 20.8. The predicted octanol–water partition coefficient (Wildman–Crippen LogP) is 5.56. The van der Waals surface area contributed by atoms with Gasteiger partial charge in [-0.1, -0.05) is 26.7 Å². The molecular formula is C17H36O4. The minimum absolute atomic E-state index is 0.352. The highest BCUT2D eigenvalue weighted by Crippen LogP contribution is 2.35. The smallest absolute Gasteiger partial charge is 0.228 e. The van der Waals surface area contributed by atoms with Crippen molar-refractivity contribution in [3.8, 4) is 0 Å². The summed E-state index contributed by atoms with van der Waals surface area (Å²) in [7, 11) is 0. The molecule has 1 aliphatic carbocycles. The lowest BCUT2D eigenvalue weighted by Gasteiger charge is -2.37. The van der Waals surface area contributed by atoms with Gasteiger partial charge in [0.2, 0.25) is 5.79 Å². The van der Waals surface area contributed by atoms with Gasteiger partial charge in [0.05, 0.1) is 11.2 Å². The standard InChI is InChI=1S/C14H28O4.C3H8/c1-12(2,3)15-17-14(10-8-7-9-11-14)18-16-13(4,5)6;1-3-2/h7-11H2,1-6H3;3H2,1-2H3. The van der Waals surface area contributed by atoms with Crippen molar-refractivity contribution in [2.45, 2.75) is 111 Å². The molecule has 0 unspecified atom stereocenters. The Morgan fingerprint density at radius 3 is 1.33 bits per heavy atom. The molecule has 0 radical (unpaired) electrons. The van der Waals surface area contributed by atoms with Crippen molar-refractivity contribution >= 4 is 0 Å². The van der Waals surface area contributed by atoms with E-state index in [0.29, 0.717) is 0 Å². The lowest BCUT2D eigenvalue weighted by Crippen LogP contribution is -2.42. The van der Waals surface area contributed by atoms with Crippen molar-refractivity contribution in [2.24, 2.45) is 0 Å². The van der Waals surface area contributed by atoms with Gasteiger partial charge >= 0.3 is 0 Å². The van der Waals surface area contributed by atoms with Gasteiger partial charge in [0, 0.05) is 12.8 Å². The lowest BCUT2D eigenvalue weighted by molar-refractivity contribution is -0.545. The summed E-state index contributed by atoms with van der Waals surface area (Å²) in [6.45, 7) is 16.0. The zero-order chi connectivity index (χ0) is 16.6. The molecule has 0 spiro atoms. The van der Waals surface area contributed by atoms with E-state index in [1.54, 1.807) is 0 Å². The number of hydrogen-bond donors (Lipinski definition) is 0. The molecule has 0 heterocycles. The van der Waals surface area contributed by atoms with E-state index in [9.17, 15) is 0 Å². The van der Waals surface area contributed by atoms with Crippen LogP contribution in [-0.2, 0) is 19.6 Å². The third-order valence-electron chi connectivity index (χ3n) is 2.50. The van der Waals surface area contributed by atoms with Crippen molar-refractivity contribution < 1.29 is 19.6 Å². The summed E-state index contributed by atoms with van der Waals surface area (Å²) in [6.07, 6.45) is 6.21. The van der Waals surface area contributed by atoms with E-state index in [0.717, 1.165) is 25.7 Å². The summed E-state index contributed by atoms with van der Waals surface area (Å²) >= 11 is 0. The third kappa shape index (κ3) is 11.1. The molecule has 0 aromatic carbocycles. The second kappa shape index (κ2) is 9.09. The van der Waals surface area contributed by atoms with Gasteiger partial charge in [0.25, 0.3) is 0 Å². The maximum absolute atomic E-state index is 5.58. The van der Waals surface area contributed by atoms with Crippen LogP contribution in [0.2, 0.25) is 0 Å². The van der Waals surface area contributed by atoms with Crippen molar-refractivity contribution in [3.63, 3.8) is 0 Å². The molecule has 1 fully saturated rings. The van der Waals surface area contributed by atoms with Gasteiger partial charge in [0.1, 0.15) is 0 Å². The normalized spacial score (nSPS) is 18.9. The second-order valence-corrected chi connectivity index (χ2v) is 7.74. The lowest BCUT2D eigenvalue weighted by atomic mass is 9.94. The minimum Gasteiger partial charge on any atom is -0.228 e. The topological polar surface area (TPSA) is 36.9 Å². The van der Waals surface area contributed by atoms with Gasteiger partial charge in [-0.15, -0.1) is 0 Å². The molecule has 0 bridgehead atoms. The first-order valence-electron chi connectivity index (χ1n) is 8.27. The summed E-state index contributed by atoms with van der Waals surface area (Å²) in [4.78, 5) is 22.0. The fourth-order valence-electron chi connectivity index (χ4n) is 1.67. The predicted molar refractivity (Wildman–Crippen MR) is 85.6 cm³/mol. The van der Waals surface area contributed by atoms with E-state index in [1.807, 2.05) is 41.5 Å². The maximum Gasteiger partial charge on any atom is 0.234 e. The van der Waals surface area contributed by atoms with Gasteiger partial charge < -0.3 is 0 Å². The van der Waals surface area contributed by atoms with Crippen LogP contribution in [0.5, 0.6) is 0 Å². The van der Waals surface area contributed by atoms with Crippen molar-refractivity contribution in [2.75, 3.05) is 0 Å². The van der Waals surface area contributed by atoms with Crippen molar-refractivity contribution in [1.29, 1.82) is 0 Å². The quantitative estimate of drug-likeness (QED) is 0.387. The molecule has 1 rings (SSSR count). The zero-order valence-electron chi connectivity index (χ0n) is 15.4. The number of rotatable bonds is 4. The Hall–Kier alpha value is -0.160. The molecule has 0 aliphatic heterocycles. The summed E-state index contributed by atoms with van der Waals surface area (Å²) in [5.74, 6) is -0.751. The SMILES string of the molecule is CC(C)(C)OOC1(OOC(C)(C)C)CCCCC1.CCC. The van der Waals surface area contributed by atoms with Gasteiger partial charge in [-0.25, -0.2) is 9.78 Å². The maximum atomic E-state index is 5.58. The Morgan fingerprint density at radius 2 is 1.05 bits per heavy atom. The first-order chi connectivity index (χ1) is 9.54. The van der Waals surface area contributed by atoms with Gasteiger partial charge in [-0.3, -0.25) is 0 Å². The van der Waals surface area contributed by atoms with E-state index < -0.39 is 5.79 Å². The van der Waals surface area contributed by atoms with E-state index in [-0.39, 0.29) is 11.2 Å². The summed E-state index contributed by atoms with van der Waals surface area (Å²) in [5, 5.41) is 0. The van der Waals surface area contributed by atoms with E-state index in [1.165, 1.54) is 12.8 Å². The third-order valence-corrected chi connectivity index (χ3v) is 2.50. The highest BCUT2D eigenvalue weighted by Gasteiger charge is 2.39. The fraction of sp³-hybridized carbons (Fsp3) is 1.00. The molecule has 0 aromatic rings. The van der Waals surface area contributed by atoms with Crippen LogP contribution in [0.1, 0.15) is 93.9 Å². The van der Waals surface area contributed by atoms with E-state index in [4.69, 9.17) is 19.6 Å². The summed E-state index contributed by atoms with van der Waals surface area (Å²) in [5.41, 5.74) is -0.703. The molecule has 128 valence electrons. The minimum atomic E-state index is -0.751. The molecule has 4 nitrogen and oxygen atoms in total. The van der Waals surface area contributed by atoms with Crippen LogP contribution >= 0.6 is 0 Å². The molecular weight excluding hydrogens is 268 g/mol. The highest BCUT2D eigenvalue weighted by molar-refractivity contribution is 4.73. The molecule has 0 saturated heterocycles. The Bertz CT molecular complexity index is 237. The molecule has 0 aromatic heterocycles. The van der Waals surface area contributed by atoms with Crippen LogP contribution in [0, 0.1) is 0 Å². The van der Waals surface area contributed by atoms with Crippen LogP contribution in [0.3, 0.4) is 0 Å². The highest BCUT2D eigenvalue weighted by atomic mass is 17.3. The average Bonchev–Trinajstić information content (AvgIpc) is 2.35. The molecule has 1 aliphatic rings. The van der Waals surface area contributed by atoms with Crippen LogP contribution in [-0.4, -0.2) is 17.0 Å². The van der Waals surface area contributed by atoms with Crippen LogP contribution in [0.4, 0.5) is 0 Å². The van der Waals surface area contributed by atoms with Crippen LogP contribution in [0.15, 0.2) is 0 Å². The first-order valence-corrected chi connectivity index (χ1v) is 8.27. The fourth-order valence-corrected chi connectivity index (χ4v) is 1.67. The van der Waals surface area contributed by atoms with Gasteiger partial charge in [-0.05, 0) is 54.4 Å². The molecule has 4 heteroatoms. The summed E-state index contributed by atoms with van der Waals surface area (Å²) in [6, 6.07) is 0. The summed E-state index contributed by atoms with van der Waals surface area (Å²) < 4.78 is 0. The van der Waals surface area contributed by atoms with Crippen molar-refractivity contribution in [3.05, 3.63) is 0 Å².